The molecule has 3 aromatic rings. The molecule has 0 spiro atoms. The molecule has 1 amide bonds. The van der Waals surface area contributed by atoms with Crippen LogP contribution in [0.2, 0.25) is 0 Å². The summed E-state index contributed by atoms with van der Waals surface area (Å²) in [6.07, 6.45) is 5.22. The molecule has 1 saturated heterocycles. The third kappa shape index (κ3) is 3.53. The molecule has 0 bridgehead atoms. The standard InChI is InChI=1S/C21H23BrN4OS/c1-12-7-8-16(15(22)10-12)25-20(27)18-14(3)17-19(23-11-24-21(17)28-18)26-9-5-4-6-13(26)2/h7-8,10-11,13H,4-6,9H2,1-3H3,(H,25,27). The first kappa shape index (κ1) is 19.3. The molecule has 1 fully saturated rings. The van der Waals surface area contributed by atoms with E-state index in [0.29, 0.717) is 10.9 Å². The molecule has 7 heteroatoms. The monoisotopic (exact) mass is 458 g/mol. The fourth-order valence-corrected chi connectivity index (χ4v) is 5.43. The van der Waals surface area contributed by atoms with Gasteiger partial charge >= 0.3 is 0 Å². The number of thiophene rings is 1. The van der Waals surface area contributed by atoms with Crippen molar-refractivity contribution in [1.82, 2.24) is 9.97 Å². The number of nitrogens with one attached hydrogen (secondary N) is 1. The first-order valence-electron chi connectivity index (χ1n) is 9.54. The lowest BCUT2D eigenvalue weighted by Crippen LogP contribution is -2.38. The molecule has 4 rings (SSSR count). The maximum absolute atomic E-state index is 13.0. The third-order valence-corrected chi connectivity index (χ3v) is 7.22. The van der Waals surface area contributed by atoms with Gasteiger partial charge in [-0.25, -0.2) is 9.97 Å². The van der Waals surface area contributed by atoms with E-state index in [0.717, 1.165) is 43.9 Å². The van der Waals surface area contributed by atoms with Gasteiger partial charge < -0.3 is 10.2 Å². The molecule has 1 atom stereocenters. The molecular weight excluding hydrogens is 436 g/mol. The van der Waals surface area contributed by atoms with Crippen LogP contribution in [0.15, 0.2) is 29.0 Å². The number of fused-ring (bicyclic) bond motifs is 1. The molecule has 0 saturated carbocycles. The van der Waals surface area contributed by atoms with Crippen molar-refractivity contribution in [2.75, 3.05) is 16.8 Å². The number of nitrogens with zero attached hydrogens (tertiary/aromatic N) is 3. The zero-order valence-electron chi connectivity index (χ0n) is 16.3. The fraction of sp³-hybridized carbons (Fsp3) is 0.381. The summed E-state index contributed by atoms with van der Waals surface area (Å²) in [5.74, 6) is 0.851. The molecule has 1 N–H and O–H groups in total. The van der Waals surface area contributed by atoms with E-state index in [1.807, 2.05) is 32.0 Å². The van der Waals surface area contributed by atoms with E-state index in [9.17, 15) is 4.79 Å². The van der Waals surface area contributed by atoms with E-state index in [4.69, 9.17) is 0 Å². The molecule has 146 valence electrons. The quantitative estimate of drug-likeness (QED) is 0.546. The SMILES string of the molecule is Cc1ccc(NC(=O)c2sc3ncnc(N4CCCCC4C)c3c2C)c(Br)c1. The Morgan fingerprint density at radius 1 is 1.29 bits per heavy atom. The topological polar surface area (TPSA) is 58.1 Å². The molecule has 3 heterocycles. The Balaban J connectivity index is 1.71. The molecule has 1 aliphatic rings. The van der Waals surface area contributed by atoms with Crippen molar-refractivity contribution in [3.8, 4) is 0 Å². The molecule has 1 aliphatic heterocycles. The van der Waals surface area contributed by atoms with Crippen LogP contribution >= 0.6 is 27.3 Å². The Kier molecular flexibility index (Phi) is 5.38. The van der Waals surface area contributed by atoms with Crippen molar-refractivity contribution < 1.29 is 4.79 Å². The number of anilines is 2. The fourth-order valence-electron chi connectivity index (χ4n) is 3.80. The first-order chi connectivity index (χ1) is 13.5. The lowest BCUT2D eigenvalue weighted by atomic mass is 10.0. The average Bonchev–Trinajstić information content (AvgIpc) is 3.01. The van der Waals surface area contributed by atoms with Crippen LogP contribution in [0.5, 0.6) is 0 Å². The Labute approximate surface area is 177 Å². The summed E-state index contributed by atoms with van der Waals surface area (Å²) in [6.45, 7) is 7.27. The van der Waals surface area contributed by atoms with Crippen LogP contribution in [-0.2, 0) is 0 Å². The minimum Gasteiger partial charge on any atom is -0.353 e. The van der Waals surface area contributed by atoms with Crippen LogP contribution in [0.1, 0.15) is 47.0 Å². The Bertz CT molecular complexity index is 1050. The van der Waals surface area contributed by atoms with Gasteiger partial charge in [0.15, 0.2) is 0 Å². The lowest BCUT2D eigenvalue weighted by Gasteiger charge is -2.34. The maximum Gasteiger partial charge on any atom is 0.266 e. The van der Waals surface area contributed by atoms with Crippen LogP contribution < -0.4 is 10.2 Å². The highest BCUT2D eigenvalue weighted by Gasteiger charge is 2.26. The summed E-state index contributed by atoms with van der Waals surface area (Å²) >= 11 is 4.97. The summed E-state index contributed by atoms with van der Waals surface area (Å²) in [4.78, 5) is 26.0. The normalized spacial score (nSPS) is 17.1. The van der Waals surface area contributed by atoms with E-state index in [-0.39, 0.29) is 5.91 Å². The van der Waals surface area contributed by atoms with E-state index >= 15 is 0 Å². The number of hydrogen-bond donors (Lipinski definition) is 1. The van der Waals surface area contributed by atoms with Gasteiger partial charge in [-0.2, -0.15) is 0 Å². The number of piperidine rings is 1. The second-order valence-corrected chi connectivity index (χ2v) is 9.26. The van der Waals surface area contributed by atoms with Crippen LogP contribution in [-0.4, -0.2) is 28.5 Å². The number of carbonyl (C=O) groups excluding carboxylic acids is 1. The van der Waals surface area contributed by atoms with Gasteiger partial charge in [-0.3, -0.25) is 4.79 Å². The van der Waals surface area contributed by atoms with Crippen molar-refractivity contribution in [1.29, 1.82) is 0 Å². The number of hydrogen-bond acceptors (Lipinski definition) is 5. The number of aryl methyl sites for hydroxylation is 2. The van der Waals surface area contributed by atoms with Crippen LogP contribution in [0, 0.1) is 13.8 Å². The summed E-state index contributed by atoms with van der Waals surface area (Å²) in [7, 11) is 0. The minimum absolute atomic E-state index is 0.109. The molecule has 0 aliphatic carbocycles. The van der Waals surface area contributed by atoms with Crippen LogP contribution in [0.4, 0.5) is 11.5 Å². The van der Waals surface area contributed by atoms with E-state index in [1.54, 1.807) is 6.33 Å². The highest BCUT2D eigenvalue weighted by atomic mass is 79.9. The van der Waals surface area contributed by atoms with E-state index < -0.39 is 0 Å². The summed E-state index contributed by atoms with van der Waals surface area (Å²) < 4.78 is 0.877. The molecule has 28 heavy (non-hydrogen) atoms. The van der Waals surface area contributed by atoms with Gasteiger partial charge in [0, 0.05) is 17.1 Å². The second-order valence-electron chi connectivity index (χ2n) is 7.41. The minimum atomic E-state index is -0.109. The van der Waals surface area contributed by atoms with Gasteiger partial charge in [0.25, 0.3) is 5.91 Å². The van der Waals surface area contributed by atoms with Gasteiger partial charge in [0.1, 0.15) is 17.0 Å². The van der Waals surface area contributed by atoms with E-state index in [2.05, 4.69) is 43.0 Å². The Morgan fingerprint density at radius 3 is 2.86 bits per heavy atom. The summed E-state index contributed by atoms with van der Waals surface area (Å²) in [5, 5.41) is 4.03. The van der Waals surface area contributed by atoms with Crippen LogP contribution in [0.25, 0.3) is 10.2 Å². The molecule has 0 radical (unpaired) electrons. The van der Waals surface area contributed by atoms with Crippen molar-refractivity contribution in [3.63, 3.8) is 0 Å². The number of rotatable bonds is 3. The zero-order valence-corrected chi connectivity index (χ0v) is 18.7. The predicted octanol–water partition coefficient (Wildman–Crippen LogP) is 5.70. The summed E-state index contributed by atoms with van der Waals surface area (Å²) in [5.41, 5.74) is 2.86. The summed E-state index contributed by atoms with van der Waals surface area (Å²) in [6, 6.07) is 6.35. The Morgan fingerprint density at radius 2 is 2.11 bits per heavy atom. The van der Waals surface area contributed by atoms with Gasteiger partial charge in [-0.15, -0.1) is 11.3 Å². The van der Waals surface area contributed by atoms with Gasteiger partial charge in [0.2, 0.25) is 0 Å². The number of halogens is 1. The number of carbonyl (C=O) groups is 1. The number of amides is 1. The predicted molar refractivity (Wildman–Crippen MR) is 120 cm³/mol. The largest absolute Gasteiger partial charge is 0.353 e. The lowest BCUT2D eigenvalue weighted by molar-refractivity contribution is 0.103. The maximum atomic E-state index is 13.0. The highest BCUT2D eigenvalue weighted by molar-refractivity contribution is 9.10. The second kappa shape index (κ2) is 7.79. The van der Waals surface area contributed by atoms with Crippen molar-refractivity contribution in [2.45, 2.75) is 46.1 Å². The number of benzene rings is 1. The number of aromatic nitrogens is 2. The zero-order chi connectivity index (χ0) is 19.8. The van der Waals surface area contributed by atoms with Gasteiger partial charge in [0.05, 0.1) is 16.0 Å². The molecule has 1 aromatic carbocycles. The van der Waals surface area contributed by atoms with Crippen molar-refractivity contribution >= 4 is 54.9 Å². The molecular formula is C21H23BrN4OS. The van der Waals surface area contributed by atoms with Gasteiger partial charge in [-0.1, -0.05) is 6.07 Å². The first-order valence-corrected chi connectivity index (χ1v) is 11.1. The molecule has 2 aromatic heterocycles. The molecule has 5 nitrogen and oxygen atoms in total. The smallest absolute Gasteiger partial charge is 0.266 e. The molecule has 1 unspecified atom stereocenters. The average molecular weight is 459 g/mol. The van der Waals surface area contributed by atoms with Crippen molar-refractivity contribution in [3.05, 3.63) is 45.0 Å². The third-order valence-electron chi connectivity index (χ3n) is 5.36. The van der Waals surface area contributed by atoms with Gasteiger partial charge in [-0.05, 0) is 79.2 Å². The van der Waals surface area contributed by atoms with E-state index in [1.165, 1.54) is 30.6 Å². The Hall–Kier alpha value is -1.99. The highest BCUT2D eigenvalue weighted by Crippen LogP contribution is 2.37. The van der Waals surface area contributed by atoms with Crippen LogP contribution in [0.3, 0.4) is 0 Å². The van der Waals surface area contributed by atoms with Crippen molar-refractivity contribution in [2.24, 2.45) is 0 Å².